The van der Waals surface area contributed by atoms with E-state index in [0.717, 1.165) is 36.7 Å². The molecule has 2 amide bonds. The topological polar surface area (TPSA) is 87.5 Å². The van der Waals surface area contributed by atoms with Crippen LogP contribution in [0.4, 0.5) is 0 Å². The molecule has 2 aromatic heterocycles. The number of pyridine rings is 1. The first kappa shape index (κ1) is 19.9. The molecule has 7 nitrogen and oxygen atoms in total. The van der Waals surface area contributed by atoms with Crippen LogP contribution in [0, 0.1) is 5.92 Å². The fourth-order valence-electron chi connectivity index (χ4n) is 4.63. The minimum absolute atomic E-state index is 0.00459. The number of aromatic nitrogens is 2. The molecule has 1 aliphatic heterocycles. The SMILES string of the molecule is CC(NC(=O)C1CCCC1)C(=O)N1CCC(O)(Cn2ccc3ncccc32)CC1. The van der Waals surface area contributed by atoms with Crippen LogP contribution in [-0.2, 0) is 16.1 Å². The normalized spacial score (nSPS) is 20.7. The number of piperidine rings is 1. The lowest BCUT2D eigenvalue weighted by Crippen LogP contribution is -2.54. The molecule has 1 aliphatic carbocycles. The molecule has 1 saturated carbocycles. The maximum Gasteiger partial charge on any atom is 0.244 e. The molecule has 2 aromatic rings. The maximum atomic E-state index is 12.8. The van der Waals surface area contributed by atoms with Gasteiger partial charge in [-0.05, 0) is 50.8 Å². The van der Waals surface area contributed by atoms with Crippen molar-refractivity contribution in [3.05, 3.63) is 30.6 Å². The van der Waals surface area contributed by atoms with E-state index in [4.69, 9.17) is 0 Å². The molecule has 2 aliphatic rings. The largest absolute Gasteiger partial charge is 0.388 e. The number of nitrogens with zero attached hydrogens (tertiary/aromatic N) is 3. The highest BCUT2D eigenvalue weighted by molar-refractivity contribution is 5.88. The molecular weight excluding hydrogens is 368 g/mol. The van der Waals surface area contributed by atoms with Crippen molar-refractivity contribution < 1.29 is 14.7 Å². The Kier molecular flexibility index (Phi) is 5.58. The van der Waals surface area contributed by atoms with Crippen LogP contribution in [0.1, 0.15) is 45.4 Å². The van der Waals surface area contributed by atoms with Crippen molar-refractivity contribution >= 4 is 22.8 Å². The quantitative estimate of drug-likeness (QED) is 0.807. The van der Waals surface area contributed by atoms with E-state index in [9.17, 15) is 14.7 Å². The predicted molar refractivity (Wildman–Crippen MR) is 110 cm³/mol. The molecule has 29 heavy (non-hydrogen) atoms. The first-order valence-electron chi connectivity index (χ1n) is 10.7. The molecule has 0 bridgehead atoms. The van der Waals surface area contributed by atoms with Crippen molar-refractivity contribution in [3.8, 4) is 0 Å². The fourth-order valence-corrected chi connectivity index (χ4v) is 4.63. The Bertz CT molecular complexity index is 879. The van der Waals surface area contributed by atoms with E-state index in [0.29, 0.717) is 32.5 Å². The van der Waals surface area contributed by atoms with Crippen LogP contribution >= 0.6 is 0 Å². The Morgan fingerprint density at radius 1 is 1.28 bits per heavy atom. The molecule has 2 fully saturated rings. The zero-order valence-electron chi connectivity index (χ0n) is 17.0. The minimum atomic E-state index is -0.852. The standard InChI is InChI=1S/C22H30N4O3/c1-16(24-20(27)17-5-2-3-6-17)21(28)25-13-9-22(29,10-14-25)15-26-12-8-18-19(26)7-4-11-23-18/h4,7-8,11-12,16-17,29H,2-3,5-6,9-10,13-15H2,1H3,(H,24,27). The number of fused-ring (bicyclic) bond motifs is 1. The van der Waals surface area contributed by atoms with Crippen LogP contribution < -0.4 is 5.32 Å². The van der Waals surface area contributed by atoms with Crippen molar-refractivity contribution in [2.24, 2.45) is 5.92 Å². The highest BCUT2D eigenvalue weighted by Crippen LogP contribution is 2.27. The summed E-state index contributed by atoms with van der Waals surface area (Å²) < 4.78 is 2.03. The summed E-state index contributed by atoms with van der Waals surface area (Å²) in [5, 5.41) is 14.0. The van der Waals surface area contributed by atoms with E-state index in [1.165, 1.54) is 0 Å². The van der Waals surface area contributed by atoms with E-state index >= 15 is 0 Å². The van der Waals surface area contributed by atoms with Crippen LogP contribution in [0.3, 0.4) is 0 Å². The molecular formula is C22H30N4O3. The van der Waals surface area contributed by atoms with Gasteiger partial charge in [-0.15, -0.1) is 0 Å². The van der Waals surface area contributed by atoms with Gasteiger partial charge < -0.3 is 19.9 Å². The Hall–Kier alpha value is -2.41. The highest BCUT2D eigenvalue weighted by atomic mass is 16.3. The number of carbonyl (C=O) groups is 2. The lowest BCUT2D eigenvalue weighted by atomic mass is 9.91. The van der Waals surface area contributed by atoms with E-state index < -0.39 is 11.6 Å². The third-order valence-electron chi connectivity index (χ3n) is 6.46. The molecule has 7 heteroatoms. The van der Waals surface area contributed by atoms with Crippen LogP contribution in [0.15, 0.2) is 30.6 Å². The average molecular weight is 399 g/mol. The number of nitrogens with one attached hydrogen (secondary N) is 1. The molecule has 2 N–H and O–H groups in total. The van der Waals surface area contributed by atoms with Crippen LogP contribution in [0.25, 0.3) is 11.0 Å². The van der Waals surface area contributed by atoms with Gasteiger partial charge in [0.25, 0.3) is 0 Å². The van der Waals surface area contributed by atoms with Gasteiger partial charge in [0.2, 0.25) is 11.8 Å². The predicted octanol–water partition coefficient (Wildman–Crippen LogP) is 2.08. The van der Waals surface area contributed by atoms with Crippen LogP contribution in [0.5, 0.6) is 0 Å². The maximum absolute atomic E-state index is 12.8. The number of rotatable bonds is 5. The zero-order valence-corrected chi connectivity index (χ0v) is 17.0. The minimum Gasteiger partial charge on any atom is -0.388 e. The number of hydrogen-bond acceptors (Lipinski definition) is 4. The summed E-state index contributed by atoms with van der Waals surface area (Å²) in [7, 11) is 0. The van der Waals surface area contributed by atoms with Crippen molar-refractivity contribution in [3.63, 3.8) is 0 Å². The van der Waals surface area contributed by atoms with E-state index in [-0.39, 0.29) is 17.7 Å². The number of aliphatic hydroxyl groups is 1. The molecule has 156 valence electrons. The van der Waals surface area contributed by atoms with Crippen LogP contribution in [-0.4, -0.2) is 56.1 Å². The Morgan fingerprint density at radius 2 is 2.00 bits per heavy atom. The number of likely N-dealkylation sites (tertiary alicyclic amines) is 1. The van der Waals surface area contributed by atoms with Gasteiger partial charge in [0.1, 0.15) is 6.04 Å². The van der Waals surface area contributed by atoms with Gasteiger partial charge in [-0.1, -0.05) is 12.8 Å². The van der Waals surface area contributed by atoms with Gasteiger partial charge in [0.15, 0.2) is 0 Å². The van der Waals surface area contributed by atoms with E-state index in [1.807, 2.05) is 29.0 Å². The third kappa shape index (κ3) is 4.29. The van der Waals surface area contributed by atoms with Crippen LogP contribution in [0.2, 0.25) is 0 Å². The van der Waals surface area contributed by atoms with Gasteiger partial charge in [-0.2, -0.15) is 0 Å². The van der Waals surface area contributed by atoms with Crippen molar-refractivity contribution in [1.29, 1.82) is 0 Å². The van der Waals surface area contributed by atoms with Crippen molar-refractivity contribution in [2.75, 3.05) is 13.1 Å². The molecule has 0 aromatic carbocycles. The Balaban J connectivity index is 1.32. The summed E-state index contributed by atoms with van der Waals surface area (Å²) in [6.07, 6.45) is 8.78. The Labute approximate surface area is 171 Å². The summed E-state index contributed by atoms with van der Waals surface area (Å²) in [5.74, 6) is 0.00144. The zero-order chi connectivity index (χ0) is 20.4. The molecule has 3 heterocycles. The van der Waals surface area contributed by atoms with Gasteiger partial charge in [-0.25, -0.2) is 0 Å². The lowest BCUT2D eigenvalue weighted by molar-refractivity contribution is -0.140. The summed E-state index contributed by atoms with van der Waals surface area (Å²) in [6.45, 7) is 3.24. The molecule has 0 radical (unpaired) electrons. The number of amides is 2. The highest BCUT2D eigenvalue weighted by Gasteiger charge is 2.36. The van der Waals surface area contributed by atoms with E-state index in [1.54, 1.807) is 18.0 Å². The first-order chi connectivity index (χ1) is 14.0. The lowest BCUT2D eigenvalue weighted by Gasteiger charge is -2.39. The fraction of sp³-hybridized carbons (Fsp3) is 0.591. The Morgan fingerprint density at radius 3 is 2.72 bits per heavy atom. The average Bonchev–Trinajstić information content (AvgIpc) is 3.39. The van der Waals surface area contributed by atoms with Gasteiger partial charge >= 0.3 is 0 Å². The van der Waals surface area contributed by atoms with Gasteiger partial charge in [0, 0.05) is 31.4 Å². The van der Waals surface area contributed by atoms with Gasteiger partial charge in [-0.3, -0.25) is 14.6 Å². The summed E-state index contributed by atoms with van der Waals surface area (Å²) in [4.78, 5) is 31.2. The number of carbonyl (C=O) groups excluding carboxylic acids is 2. The second-order valence-electron chi connectivity index (χ2n) is 8.61. The van der Waals surface area contributed by atoms with Crippen molar-refractivity contribution in [2.45, 2.75) is 63.6 Å². The van der Waals surface area contributed by atoms with Gasteiger partial charge in [0.05, 0.1) is 23.2 Å². The third-order valence-corrected chi connectivity index (χ3v) is 6.46. The second kappa shape index (κ2) is 8.14. The monoisotopic (exact) mass is 398 g/mol. The summed E-state index contributed by atoms with van der Waals surface area (Å²) in [6, 6.07) is 5.32. The van der Waals surface area contributed by atoms with Crippen molar-refractivity contribution in [1.82, 2.24) is 19.8 Å². The molecule has 4 rings (SSSR count). The van der Waals surface area contributed by atoms with E-state index in [2.05, 4.69) is 10.3 Å². The summed E-state index contributed by atoms with van der Waals surface area (Å²) >= 11 is 0. The molecule has 1 atom stereocenters. The molecule has 1 unspecified atom stereocenters. The first-order valence-corrected chi connectivity index (χ1v) is 10.7. The molecule has 1 saturated heterocycles. The summed E-state index contributed by atoms with van der Waals surface area (Å²) in [5.41, 5.74) is 1.06. The molecule has 0 spiro atoms. The number of hydrogen-bond donors (Lipinski definition) is 2. The second-order valence-corrected chi connectivity index (χ2v) is 8.61. The smallest absolute Gasteiger partial charge is 0.244 e.